The summed E-state index contributed by atoms with van der Waals surface area (Å²) in [6.07, 6.45) is 6.92. The molecule has 3 aromatic rings. The van der Waals surface area contributed by atoms with Crippen molar-refractivity contribution in [3.63, 3.8) is 0 Å². The van der Waals surface area contributed by atoms with Gasteiger partial charge in [0.05, 0.1) is 22.7 Å². The molecule has 2 aliphatic rings. The number of primary amides is 1. The van der Waals surface area contributed by atoms with Gasteiger partial charge in [-0.1, -0.05) is 24.3 Å². The van der Waals surface area contributed by atoms with E-state index in [0.717, 1.165) is 67.0 Å². The highest BCUT2D eigenvalue weighted by molar-refractivity contribution is 6.05. The Morgan fingerprint density at radius 2 is 1.91 bits per heavy atom. The van der Waals surface area contributed by atoms with Gasteiger partial charge in [0.25, 0.3) is 0 Å². The number of rotatable bonds is 5. The first-order valence-electron chi connectivity index (χ1n) is 12.0. The quantitative estimate of drug-likeness (QED) is 0.612. The number of benzene rings is 2. The number of nitrogens with zero attached hydrogens (tertiary/aromatic N) is 3. The smallest absolute Gasteiger partial charge is 0.249 e. The number of carbonyl (C=O) groups excluding carboxylic acids is 1. The molecule has 1 fully saturated rings. The highest BCUT2D eigenvalue weighted by Gasteiger charge is 2.25. The lowest BCUT2D eigenvalue weighted by atomic mass is 9.78. The first-order chi connectivity index (χ1) is 16.1. The van der Waals surface area contributed by atoms with E-state index in [-0.39, 0.29) is 5.91 Å². The molecule has 33 heavy (non-hydrogen) atoms. The zero-order chi connectivity index (χ0) is 22.8. The maximum absolute atomic E-state index is 12.0. The second kappa shape index (κ2) is 9.33. The number of hydrogen-bond donors (Lipinski definition) is 1. The SMILES string of the molecule is N#Cc1ccc2c(c1)CCN(CCC1CCC(c3cc(C(N)=O)c4ccccc4n3)CC1)C2. The van der Waals surface area contributed by atoms with Crippen LogP contribution >= 0.6 is 0 Å². The number of fused-ring (bicyclic) bond motifs is 2. The Morgan fingerprint density at radius 3 is 2.70 bits per heavy atom. The van der Waals surface area contributed by atoms with E-state index >= 15 is 0 Å². The van der Waals surface area contributed by atoms with Crippen LogP contribution in [0.2, 0.25) is 0 Å². The number of amides is 1. The number of carbonyl (C=O) groups is 1. The van der Waals surface area contributed by atoms with Gasteiger partial charge in [-0.2, -0.15) is 5.26 Å². The fourth-order valence-electron chi connectivity index (χ4n) is 5.59. The maximum atomic E-state index is 12.0. The fourth-order valence-corrected chi connectivity index (χ4v) is 5.59. The number of aromatic nitrogens is 1. The third-order valence-corrected chi connectivity index (χ3v) is 7.55. The molecule has 0 radical (unpaired) electrons. The van der Waals surface area contributed by atoms with Crippen molar-refractivity contribution in [2.24, 2.45) is 11.7 Å². The number of hydrogen-bond acceptors (Lipinski definition) is 4. The summed E-state index contributed by atoms with van der Waals surface area (Å²) in [5.41, 5.74) is 11.6. The summed E-state index contributed by atoms with van der Waals surface area (Å²) < 4.78 is 0. The number of nitrogens with two attached hydrogens (primary N) is 1. The highest BCUT2D eigenvalue weighted by atomic mass is 16.1. The normalized spacial score (nSPS) is 20.8. The monoisotopic (exact) mass is 438 g/mol. The van der Waals surface area contributed by atoms with E-state index < -0.39 is 0 Å². The Bertz CT molecular complexity index is 1220. The first-order valence-corrected chi connectivity index (χ1v) is 12.0. The first kappa shape index (κ1) is 21.6. The van der Waals surface area contributed by atoms with Crippen LogP contribution in [-0.2, 0) is 13.0 Å². The molecule has 1 saturated carbocycles. The molecular formula is C28H30N4O. The molecule has 0 unspecified atom stereocenters. The summed E-state index contributed by atoms with van der Waals surface area (Å²) in [7, 11) is 0. The molecule has 1 aromatic heterocycles. The molecule has 0 saturated heterocycles. The minimum Gasteiger partial charge on any atom is -0.366 e. The predicted molar refractivity (Wildman–Crippen MR) is 130 cm³/mol. The van der Waals surface area contributed by atoms with Crippen molar-refractivity contribution in [2.45, 2.75) is 51.0 Å². The second-order valence-electron chi connectivity index (χ2n) is 9.60. The lowest BCUT2D eigenvalue weighted by Crippen LogP contribution is -2.32. The fraction of sp³-hybridized carbons (Fsp3) is 0.393. The average Bonchev–Trinajstić information content (AvgIpc) is 2.86. The van der Waals surface area contributed by atoms with Gasteiger partial charge in [0.15, 0.2) is 0 Å². The van der Waals surface area contributed by atoms with Gasteiger partial charge in [-0.3, -0.25) is 14.7 Å². The molecule has 1 aliphatic heterocycles. The van der Waals surface area contributed by atoms with Crippen molar-refractivity contribution in [3.05, 3.63) is 76.5 Å². The second-order valence-corrected chi connectivity index (χ2v) is 9.60. The molecule has 2 aromatic carbocycles. The molecule has 0 bridgehead atoms. The molecule has 5 nitrogen and oxygen atoms in total. The van der Waals surface area contributed by atoms with E-state index in [9.17, 15) is 4.79 Å². The average molecular weight is 439 g/mol. The maximum Gasteiger partial charge on any atom is 0.249 e. The summed E-state index contributed by atoms with van der Waals surface area (Å²) in [5.74, 6) is 0.773. The Balaban J connectivity index is 1.17. The van der Waals surface area contributed by atoms with Gasteiger partial charge in [0.2, 0.25) is 5.91 Å². The van der Waals surface area contributed by atoms with Crippen molar-refractivity contribution in [3.8, 4) is 6.07 Å². The van der Waals surface area contributed by atoms with Gasteiger partial charge in [-0.25, -0.2) is 0 Å². The van der Waals surface area contributed by atoms with Crippen LogP contribution in [0.5, 0.6) is 0 Å². The molecule has 5 rings (SSSR count). The molecule has 2 N–H and O–H groups in total. The largest absolute Gasteiger partial charge is 0.366 e. The van der Waals surface area contributed by atoms with E-state index in [0.29, 0.717) is 11.5 Å². The van der Waals surface area contributed by atoms with E-state index in [1.165, 1.54) is 30.4 Å². The minimum absolute atomic E-state index is 0.379. The zero-order valence-electron chi connectivity index (χ0n) is 19.0. The van der Waals surface area contributed by atoms with E-state index in [1.807, 2.05) is 36.4 Å². The number of pyridine rings is 1. The summed E-state index contributed by atoms with van der Waals surface area (Å²) in [6, 6.07) is 18.1. The summed E-state index contributed by atoms with van der Waals surface area (Å²) in [5, 5.41) is 9.95. The van der Waals surface area contributed by atoms with Crippen LogP contribution in [0.15, 0.2) is 48.5 Å². The van der Waals surface area contributed by atoms with Gasteiger partial charge in [-0.15, -0.1) is 0 Å². The van der Waals surface area contributed by atoms with Crippen LogP contribution in [0.4, 0.5) is 0 Å². The Labute approximate surface area is 195 Å². The predicted octanol–water partition coefficient (Wildman–Crippen LogP) is 4.93. The number of para-hydroxylation sites is 1. The molecule has 5 heteroatoms. The number of nitriles is 1. The van der Waals surface area contributed by atoms with Gasteiger partial charge in [-0.05, 0) is 86.4 Å². The van der Waals surface area contributed by atoms with Crippen LogP contribution in [0.25, 0.3) is 10.9 Å². The molecule has 0 spiro atoms. The van der Waals surface area contributed by atoms with E-state index in [2.05, 4.69) is 23.1 Å². The van der Waals surface area contributed by atoms with E-state index in [1.54, 1.807) is 0 Å². The lowest BCUT2D eigenvalue weighted by Gasteiger charge is -2.32. The standard InChI is InChI=1S/C28H30N4O/c29-17-20-7-10-23-18-32(14-12-22(23)15-20)13-11-19-5-8-21(9-6-19)27-16-25(28(30)33)24-3-1-2-4-26(24)31-27/h1-4,7,10,15-16,19,21H,5-6,8-9,11-14,18H2,(H2,30,33). The summed E-state index contributed by atoms with van der Waals surface area (Å²) in [4.78, 5) is 19.5. The van der Waals surface area contributed by atoms with Crippen LogP contribution in [-0.4, -0.2) is 28.9 Å². The van der Waals surface area contributed by atoms with Crippen molar-refractivity contribution in [1.29, 1.82) is 5.26 Å². The van der Waals surface area contributed by atoms with Gasteiger partial charge in [0, 0.05) is 30.1 Å². The Kier molecular flexibility index (Phi) is 6.11. The third-order valence-electron chi connectivity index (χ3n) is 7.55. The molecule has 1 aliphatic carbocycles. The van der Waals surface area contributed by atoms with Crippen molar-refractivity contribution in [1.82, 2.24) is 9.88 Å². The van der Waals surface area contributed by atoms with E-state index in [4.69, 9.17) is 16.0 Å². The molecule has 168 valence electrons. The molecule has 1 amide bonds. The summed E-state index contributed by atoms with van der Waals surface area (Å²) >= 11 is 0. The van der Waals surface area contributed by atoms with Crippen LogP contribution < -0.4 is 5.73 Å². The van der Waals surface area contributed by atoms with Gasteiger partial charge < -0.3 is 5.73 Å². The van der Waals surface area contributed by atoms with Crippen molar-refractivity contribution >= 4 is 16.8 Å². The van der Waals surface area contributed by atoms with Gasteiger partial charge in [0.1, 0.15) is 0 Å². The topological polar surface area (TPSA) is 83.0 Å². The highest BCUT2D eigenvalue weighted by Crippen LogP contribution is 2.37. The van der Waals surface area contributed by atoms with Crippen molar-refractivity contribution in [2.75, 3.05) is 13.1 Å². The molecule has 2 heterocycles. The minimum atomic E-state index is -0.379. The zero-order valence-corrected chi connectivity index (χ0v) is 19.0. The van der Waals surface area contributed by atoms with Crippen LogP contribution in [0, 0.1) is 17.2 Å². The Morgan fingerprint density at radius 1 is 1.09 bits per heavy atom. The third kappa shape index (κ3) is 4.62. The molecular weight excluding hydrogens is 408 g/mol. The van der Waals surface area contributed by atoms with Crippen molar-refractivity contribution < 1.29 is 4.79 Å². The lowest BCUT2D eigenvalue weighted by molar-refractivity contribution is 0.100. The summed E-state index contributed by atoms with van der Waals surface area (Å²) in [6.45, 7) is 3.20. The van der Waals surface area contributed by atoms with Crippen LogP contribution in [0.3, 0.4) is 0 Å². The van der Waals surface area contributed by atoms with Crippen LogP contribution in [0.1, 0.15) is 70.8 Å². The van der Waals surface area contributed by atoms with Gasteiger partial charge >= 0.3 is 0 Å². The Hall–Kier alpha value is -3.23. The molecule has 0 atom stereocenters.